The summed E-state index contributed by atoms with van der Waals surface area (Å²) in [6.07, 6.45) is 6.84. The number of pyridine rings is 1. The third-order valence-corrected chi connectivity index (χ3v) is 4.91. The van der Waals surface area contributed by atoms with Gasteiger partial charge < -0.3 is 5.73 Å². The summed E-state index contributed by atoms with van der Waals surface area (Å²) in [6.45, 7) is 3.88. The molecule has 2 unspecified atom stereocenters. The molecule has 3 aromatic rings. The first-order valence-electron chi connectivity index (χ1n) is 8.56. The predicted octanol–water partition coefficient (Wildman–Crippen LogP) is 4.81. The highest BCUT2D eigenvalue weighted by atomic mass is 19.1. The molecule has 2 atom stereocenters. The third-order valence-electron chi connectivity index (χ3n) is 4.91. The molecule has 4 nitrogen and oxygen atoms in total. The van der Waals surface area contributed by atoms with Gasteiger partial charge in [-0.2, -0.15) is 0 Å². The molecule has 0 radical (unpaired) electrons. The van der Waals surface area contributed by atoms with Gasteiger partial charge in [-0.1, -0.05) is 25.1 Å². The molecule has 2 heterocycles. The number of benzene rings is 1. The van der Waals surface area contributed by atoms with E-state index >= 15 is 0 Å². The van der Waals surface area contributed by atoms with E-state index in [9.17, 15) is 4.39 Å². The van der Waals surface area contributed by atoms with Crippen molar-refractivity contribution in [2.45, 2.75) is 19.8 Å². The Labute approximate surface area is 151 Å². The molecule has 4 rings (SSSR count). The minimum atomic E-state index is -0.180. The van der Waals surface area contributed by atoms with Gasteiger partial charge in [-0.3, -0.25) is 4.98 Å². The maximum absolute atomic E-state index is 14.2. The minimum absolute atomic E-state index is 0.116. The van der Waals surface area contributed by atoms with E-state index in [1.54, 1.807) is 19.2 Å². The molecular formula is C21H19FN4. The van der Waals surface area contributed by atoms with Crippen molar-refractivity contribution >= 4 is 16.7 Å². The van der Waals surface area contributed by atoms with Gasteiger partial charge in [0.25, 0.3) is 0 Å². The van der Waals surface area contributed by atoms with E-state index in [-0.39, 0.29) is 17.7 Å². The quantitative estimate of drug-likeness (QED) is 0.723. The van der Waals surface area contributed by atoms with Crippen LogP contribution in [0.1, 0.15) is 25.5 Å². The van der Waals surface area contributed by atoms with Crippen molar-refractivity contribution in [3.05, 3.63) is 72.1 Å². The van der Waals surface area contributed by atoms with Crippen LogP contribution in [-0.4, -0.2) is 15.0 Å². The van der Waals surface area contributed by atoms with E-state index in [1.165, 1.54) is 6.33 Å². The van der Waals surface area contributed by atoms with Crippen LogP contribution in [0, 0.1) is 5.92 Å². The smallest absolute Gasteiger partial charge is 0.134 e. The van der Waals surface area contributed by atoms with Gasteiger partial charge in [0.05, 0.1) is 11.2 Å². The number of nitrogens with zero attached hydrogens (tertiary/aromatic N) is 3. The van der Waals surface area contributed by atoms with Gasteiger partial charge in [-0.25, -0.2) is 14.4 Å². The van der Waals surface area contributed by atoms with Crippen LogP contribution in [-0.2, 0) is 0 Å². The van der Waals surface area contributed by atoms with Crippen LogP contribution in [0.25, 0.3) is 22.0 Å². The minimum Gasteiger partial charge on any atom is -0.383 e. The average molecular weight is 346 g/mol. The molecule has 2 N–H and O–H groups in total. The van der Waals surface area contributed by atoms with Gasteiger partial charge >= 0.3 is 0 Å². The molecule has 1 aliphatic rings. The van der Waals surface area contributed by atoms with Crippen LogP contribution < -0.4 is 5.73 Å². The number of nitrogens with two attached hydrogens (primary N) is 1. The van der Waals surface area contributed by atoms with E-state index in [4.69, 9.17) is 5.73 Å². The summed E-state index contributed by atoms with van der Waals surface area (Å²) in [4.78, 5) is 12.9. The normalized spacial score (nSPS) is 20.0. The number of fused-ring (bicyclic) bond motifs is 1. The van der Waals surface area contributed by atoms with Crippen molar-refractivity contribution in [2.24, 2.45) is 5.92 Å². The number of nitrogen functional groups attached to an aromatic ring is 1. The maximum Gasteiger partial charge on any atom is 0.134 e. The average Bonchev–Trinajstić information content (AvgIpc) is 2.65. The molecule has 0 amide bonds. The van der Waals surface area contributed by atoms with Crippen LogP contribution in [0.5, 0.6) is 0 Å². The lowest BCUT2D eigenvalue weighted by Crippen LogP contribution is -2.13. The zero-order chi connectivity index (χ0) is 18.3. The van der Waals surface area contributed by atoms with Crippen molar-refractivity contribution in [2.75, 3.05) is 5.73 Å². The summed E-state index contributed by atoms with van der Waals surface area (Å²) in [5.41, 5.74) is 10.3. The maximum atomic E-state index is 14.2. The monoisotopic (exact) mass is 346 g/mol. The summed E-state index contributed by atoms with van der Waals surface area (Å²) in [5, 5.41) is 0.800. The van der Waals surface area contributed by atoms with Crippen molar-refractivity contribution in [1.82, 2.24) is 15.0 Å². The zero-order valence-electron chi connectivity index (χ0n) is 14.6. The molecule has 5 heteroatoms. The fourth-order valence-corrected chi connectivity index (χ4v) is 3.52. The third kappa shape index (κ3) is 2.75. The molecule has 1 aromatic carbocycles. The van der Waals surface area contributed by atoms with Gasteiger partial charge in [-0.05, 0) is 48.3 Å². The van der Waals surface area contributed by atoms with Crippen LogP contribution in [0.4, 0.5) is 10.2 Å². The number of allylic oxidation sites excluding steroid dienone is 4. The van der Waals surface area contributed by atoms with Crippen molar-refractivity contribution in [3.63, 3.8) is 0 Å². The lowest BCUT2D eigenvalue weighted by molar-refractivity contribution is 0.559. The highest BCUT2D eigenvalue weighted by Gasteiger charge is 2.25. The second-order valence-corrected chi connectivity index (χ2v) is 6.68. The van der Waals surface area contributed by atoms with Gasteiger partial charge in [-0.15, -0.1) is 0 Å². The number of hydrogen-bond acceptors (Lipinski definition) is 4. The van der Waals surface area contributed by atoms with Crippen molar-refractivity contribution in [1.29, 1.82) is 0 Å². The van der Waals surface area contributed by atoms with Gasteiger partial charge in [0.1, 0.15) is 18.0 Å². The Bertz CT molecular complexity index is 1050. The van der Waals surface area contributed by atoms with Gasteiger partial charge in [0.15, 0.2) is 0 Å². The number of anilines is 1. The Hall–Kier alpha value is -3.08. The first-order valence-corrected chi connectivity index (χ1v) is 8.56. The second kappa shape index (κ2) is 6.33. The van der Waals surface area contributed by atoms with Crippen LogP contribution in [0.2, 0.25) is 0 Å². The highest BCUT2D eigenvalue weighted by Crippen LogP contribution is 2.39. The zero-order valence-corrected chi connectivity index (χ0v) is 14.6. The Kier molecular flexibility index (Phi) is 3.99. The molecule has 1 aliphatic carbocycles. The first-order chi connectivity index (χ1) is 12.5. The van der Waals surface area contributed by atoms with E-state index in [1.807, 2.05) is 36.4 Å². The Morgan fingerprint density at radius 1 is 1.08 bits per heavy atom. The fourth-order valence-electron chi connectivity index (χ4n) is 3.52. The topological polar surface area (TPSA) is 64.7 Å². The second-order valence-electron chi connectivity index (χ2n) is 6.68. The number of rotatable bonds is 2. The first kappa shape index (κ1) is 16.4. The van der Waals surface area contributed by atoms with Crippen molar-refractivity contribution < 1.29 is 4.39 Å². The molecule has 0 spiro atoms. The lowest BCUT2D eigenvalue weighted by atomic mass is 9.82. The van der Waals surface area contributed by atoms with Gasteiger partial charge in [0.2, 0.25) is 0 Å². The predicted molar refractivity (Wildman–Crippen MR) is 102 cm³/mol. The Balaban J connectivity index is 1.86. The standard InChI is InChI=1S/C21H19FN4/c1-12-8-13(2)18(22)10-16(12)20-15(4-3-7-24-20)14-5-6-19-17(9-14)21(23)26-11-25-19/h3-12,16H,1-2H3,(H2,23,25,26). The molecule has 0 aliphatic heterocycles. The summed E-state index contributed by atoms with van der Waals surface area (Å²) in [7, 11) is 0. The van der Waals surface area contributed by atoms with Crippen LogP contribution >= 0.6 is 0 Å². The van der Waals surface area contributed by atoms with Crippen molar-refractivity contribution in [3.8, 4) is 11.1 Å². The fraction of sp³-hybridized carbons (Fsp3) is 0.190. The Morgan fingerprint density at radius 3 is 2.77 bits per heavy atom. The molecule has 0 bridgehead atoms. The summed E-state index contributed by atoms with van der Waals surface area (Å²) >= 11 is 0. The van der Waals surface area contributed by atoms with Gasteiger partial charge in [0, 0.05) is 23.1 Å². The molecule has 0 fully saturated rings. The SMILES string of the molecule is CC1=CC(C)C(c2ncccc2-c2ccc3ncnc(N)c3c2)C=C1F. The van der Waals surface area contributed by atoms with Crippen LogP contribution in [0.3, 0.4) is 0 Å². The molecule has 2 aromatic heterocycles. The number of halogens is 1. The number of aromatic nitrogens is 3. The molecule has 0 saturated carbocycles. The summed E-state index contributed by atoms with van der Waals surface area (Å²) < 4.78 is 14.2. The van der Waals surface area contributed by atoms with E-state index in [2.05, 4.69) is 21.9 Å². The van der Waals surface area contributed by atoms with E-state index in [0.717, 1.165) is 27.7 Å². The molecule has 0 saturated heterocycles. The molecule has 130 valence electrons. The highest BCUT2D eigenvalue weighted by molar-refractivity contribution is 5.91. The van der Waals surface area contributed by atoms with E-state index in [0.29, 0.717) is 11.4 Å². The summed E-state index contributed by atoms with van der Waals surface area (Å²) in [5.74, 6) is 0.311. The summed E-state index contributed by atoms with van der Waals surface area (Å²) in [6, 6.07) is 9.78. The lowest BCUT2D eigenvalue weighted by Gasteiger charge is -2.24. The Morgan fingerprint density at radius 2 is 1.92 bits per heavy atom. The van der Waals surface area contributed by atoms with Crippen LogP contribution in [0.15, 0.2) is 66.4 Å². The number of hydrogen-bond donors (Lipinski definition) is 1. The molecular weight excluding hydrogens is 327 g/mol. The van der Waals surface area contributed by atoms with E-state index < -0.39 is 0 Å². The molecule has 26 heavy (non-hydrogen) atoms. The largest absolute Gasteiger partial charge is 0.383 e.